The van der Waals surface area contributed by atoms with Gasteiger partial charge in [0.05, 0.1) is 5.69 Å². The van der Waals surface area contributed by atoms with Crippen LogP contribution in [0.3, 0.4) is 0 Å². The van der Waals surface area contributed by atoms with E-state index >= 15 is 0 Å². The fourth-order valence-corrected chi connectivity index (χ4v) is 4.63. The maximum absolute atomic E-state index is 12.9. The molecule has 0 atom stereocenters. The van der Waals surface area contributed by atoms with E-state index in [0.717, 1.165) is 28.9 Å². The second kappa shape index (κ2) is 6.66. The van der Waals surface area contributed by atoms with E-state index in [1.54, 1.807) is 18.3 Å². The maximum atomic E-state index is 12.9. The molecule has 3 heterocycles. The number of pyridine rings is 1. The van der Waals surface area contributed by atoms with Gasteiger partial charge in [0, 0.05) is 48.7 Å². The summed E-state index contributed by atoms with van der Waals surface area (Å²) in [4.78, 5) is 4.16. The fourth-order valence-electron chi connectivity index (χ4n) is 3.26. The molecule has 4 rings (SSSR count). The number of fused-ring (bicyclic) bond motifs is 1. The van der Waals surface area contributed by atoms with E-state index in [9.17, 15) is 8.42 Å². The number of hydrogen-bond acceptors (Lipinski definition) is 4. The van der Waals surface area contributed by atoms with Gasteiger partial charge in [0.25, 0.3) is 0 Å². The highest BCUT2D eigenvalue weighted by Crippen LogP contribution is 2.31. The van der Waals surface area contributed by atoms with Crippen molar-refractivity contribution in [1.82, 2.24) is 19.5 Å². The molecule has 0 saturated heterocycles. The summed E-state index contributed by atoms with van der Waals surface area (Å²) in [5.74, 6) is 0. The molecule has 0 bridgehead atoms. The quantitative estimate of drug-likeness (QED) is 0.768. The third-order valence-corrected chi connectivity index (χ3v) is 6.63. The van der Waals surface area contributed by atoms with Crippen LogP contribution >= 0.6 is 0 Å². The van der Waals surface area contributed by atoms with Crippen LogP contribution < -0.4 is 0 Å². The lowest BCUT2D eigenvalue weighted by Gasteiger charge is -2.26. The molecule has 2 aromatic heterocycles. The third-order valence-electron chi connectivity index (χ3n) is 4.81. The monoisotopic (exact) mass is 368 g/mol. The van der Waals surface area contributed by atoms with Crippen molar-refractivity contribution >= 4 is 10.0 Å². The molecule has 0 radical (unpaired) electrons. The van der Waals surface area contributed by atoms with Crippen LogP contribution in [0.2, 0.25) is 0 Å². The highest BCUT2D eigenvalue weighted by molar-refractivity contribution is 7.89. The first kappa shape index (κ1) is 16.9. The first-order chi connectivity index (χ1) is 12.6. The molecule has 0 aliphatic carbocycles. The van der Waals surface area contributed by atoms with Crippen molar-refractivity contribution in [3.63, 3.8) is 0 Å². The van der Waals surface area contributed by atoms with Gasteiger partial charge in [0.2, 0.25) is 10.0 Å². The van der Waals surface area contributed by atoms with Gasteiger partial charge in [-0.2, -0.15) is 9.40 Å². The van der Waals surface area contributed by atoms with Gasteiger partial charge in [-0.3, -0.25) is 10.1 Å². The summed E-state index contributed by atoms with van der Waals surface area (Å²) in [6.07, 6.45) is 4.57. The molecule has 7 heteroatoms. The molecular formula is C19H20N4O2S. The number of sulfonamides is 1. The van der Waals surface area contributed by atoms with E-state index in [2.05, 4.69) is 34.2 Å². The zero-order valence-corrected chi connectivity index (χ0v) is 15.3. The molecule has 3 aromatic rings. The van der Waals surface area contributed by atoms with E-state index in [4.69, 9.17) is 0 Å². The largest absolute Gasteiger partial charge is 0.282 e. The number of aryl methyl sites for hydroxylation is 1. The second-order valence-electron chi connectivity index (χ2n) is 6.36. The molecule has 26 heavy (non-hydrogen) atoms. The Morgan fingerprint density at radius 1 is 1.19 bits per heavy atom. The van der Waals surface area contributed by atoms with Crippen molar-refractivity contribution in [2.45, 2.75) is 31.2 Å². The van der Waals surface area contributed by atoms with Crippen LogP contribution in [-0.2, 0) is 29.4 Å². The van der Waals surface area contributed by atoms with Gasteiger partial charge < -0.3 is 0 Å². The number of benzene rings is 1. The maximum Gasteiger partial charge on any atom is 0.244 e. The number of hydrogen-bond donors (Lipinski definition) is 1. The summed E-state index contributed by atoms with van der Waals surface area (Å²) >= 11 is 0. The van der Waals surface area contributed by atoms with Crippen molar-refractivity contribution in [3.8, 4) is 11.3 Å². The number of aromatic amines is 1. The first-order valence-corrected chi connectivity index (χ1v) is 10.1. The van der Waals surface area contributed by atoms with E-state index < -0.39 is 10.0 Å². The Bertz CT molecular complexity index is 1010. The Morgan fingerprint density at radius 2 is 2.00 bits per heavy atom. The van der Waals surface area contributed by atoms with Gasteiger partial charge in [-0.15, -0.1) is 0 Å². The van der Waals surface area contributed by atoms with Crippen molar-refractivity contribution < 1.29 is 8.42 Å². The van der Waals surface area contributed by atoms with Gasteiger partial charge >= 0.3 is 0 Å². The SMILES string of the molecule is CCc1ccc(-c2n[nH]c3c2CN(S(=O)(=O)c2cccnc2)CC3)cc1. The molecule has 1 aliphatic heterocycles. The van der Waals surface area contributed by atoms with E-state index in [1.165, 1.54) is 16.1 Å². The normalized spacial score (nSPS) is 15.0. The van der Waals surface area contributed by atoms with Gasteiger partial charge in [-0.25, -0.2) is 8.42 Å². The Balaban J connectivity index is 1.67. The predicted octanol–water partition coefficient (Wildman–Crippen LogP) is 2.78. The summed E-state index contributed by atoms with van der Waals surface area (Å²) in [6, 6.07) is 11.5. The molecule has 0 saturated carbocycles. The average Bonchev–Trinajstić information content (AvgIpc) is 3.12. The topological polar surface area (TPSA) is 79.0 Å². The molecule has 6 nitrogen and oxygen atoms in total. The van der Waals surface area contributed by atoms with E-state index in [0.29, 0.717) is 19.5 Å². The van der Waals surface area contributed by atoms with Crippen molar-refractivity contribution in [2.24, 2.45) is 0 Å². The smallest absolute Gasteiger partial charge is 0.244 e. The minimum absolute atomic E-state index is 0.223. The Kier molecular flexibility index (Phi) is 4.34. The van der Waals surface area contributed by atoms with Crippen LogP contribution in [0.5, 0.6) is 0 Å². The fraction of sp³-hybridized carbons (Fsp3) is 0.263. The molecule has 1 aliphatic rings. The van der Waals surface area contributed by atoms with E-state index in [1.807, 2.05) is 12.1 Å². The highest BCUT2D eigenvalue weighted by atomic mass is 32.2. The van der Waals surface area contributed by atoms with Gasteiger partial charge in [-0.1, -0.05) is 31.2 Å². The zero-order chi connectivity index (χ0) is 18.1. The molecule has 0 fully saturated rings. The van der Waals surface area contributed by atoms with Crippen molar-refractivity contribution in [1.29, 1.82) is 0 Å². The molecule has 134 valence electrons. The predicted molar refractivity (Wildman–Crippen MR) is 98.9 cm³/mol. The average molecular weight is 368 g/mol. The number of nitrogens with zero attached hydrogens (tertiary/aromatic N) is 3. The molecule has 0 amide bonds. The Hall–Kier alpha value is -2.51. The summed E-state index contributed by atoms with van der Waals surface area (Å²) in [6.45, 7) is 2.86. The van der Waals surface area contributed by atoms with Crippen LogP contribution in [0.1, 0.15) is 23.7 Å². The summed E-state index contributed by atoms with van der Waals surface area (Å²) in [5, 5.41) is 7.54. The number of rotatable bonds is 4. The highest BCUT2D eigenvalue weighted by Gasteiger charge is 2.31. The standard InChI is InChI=1S/C19H20N4O2S/c1-2-14-5-7-15(8-6-14)19-17-13-23(11-9-18(17)21-22-19)26(24,25)16-4-3-10-20-12-16/h3-8,10,12H,2,9,11,13H2,1H3,(H,21,22). The van der Waals surface area contributed by atoms with Crippen molar-refractivity contribution in [2.75, 3.05) is 6.54 Å². The lowest BCUT2D eigenvalue weighted by atomic mass is 10.0. The zero-order valence-electron chi connectivity index (χ0n) is 14.5. The van der Waals surface area contributed by atoms with Crippen LogP contribution in [0, 0.1) is 0 Å². The number of aromatic nitrogens is 3. The first-order valence-electron chi connectivity index (χ1n) is 8.65. The van der Waals surface area contributed by atoms with Gasteiger partial charge in [-0.05, 0) is 24.1 Å². The Labute approximate surface area is 153 Å². The number of H-pyrrole nitrogens is 1. The molecule has 1 N–H and O–H groups in total. The number of nitrogens with one attached hydrogen (secondary N) is 1. The lowest BCUT2D eigenvalue weighted by molar-refractivity contribution is 0.390. The summed E-state index contributed by atoms with van der Waals surface area (Å²) in [5.41, 5.74) is 5.05. The molecule has 0 unspecified atom stereocenters. The summed E-state index contributed by atoms with van der Waals surface area (Å²) in [7, 11) is -3.56. The molecular weight excluding hydrogens is 348 g/mol. The minimum atomic E-state index is -3.56. The van der Waals surface area contributed by atoms with E-state index in [-0.39, 0.29) is 4.90 Å². The van der Waals surface area contributed by atoms with Crippen molar-refractivity contribution in [3.05, 3.63) is 65.6 Å². The van der Waals surface area contributed by atoms with Crippen LogP contribution in [-0.4, -0.2) is 34.4 Å². The van der Waals surface area contributed by atoms with Gasteiger partial charge in [0.1, 0.15) is 4.90 Å². The minimum Gasteiger partial charge on any atom is -0.282 e. The van der Waals surface area contributed by atoms with Crippen LogP contribution in [0.15, 0.2) is 53.7 Å². The molecule has 0 spiro atoms. The third kappa shape index (κ3) is 2.93. The Morgan fingerprint density at radius 3 is 2.69 bits per heavy atom. The van der Waals surface area contributed by atoms with Gasteiger partial charge in [0.15, 0.2) is 0 Å². The van der Waals surface area contributed by atoms with Crippen LogP contribution in [0.25, 0.3) is 11.3 Å². The lowest BCUT2D eigenvalue weighted by Crippen LogP contribution is -2.36. The summed E-state index contributed by atoms with van der Waals surface area (Å²) < 4.78 is 27.3. The molecule has 1 aromatic carbocycles. The van der Waals surface area contributed by atoms with Crippen LogP contribution in [0.4, 0.5) is 0 Å². The second-order valence-corrected chi connectivity index (χ2v) is 8.30.